The van der Waals surface area contributed by atoms with Crippen LogP contribution in [0.5, 0.6) is 23.0 Å². The van der Waals surface area contributed by atoms with Crippen LogP contribution in [0.2, 0.25) is 0 Å². The molecule has 0 spiro atoms. The van der Waals surface area contributed by atoms with Crippen LogP contribution in [0.3, 0.4) is 0 Å². The van der Waals surface area contributed by atoms with Gasteiger partial charge in [-0.1, -0.05) is 87.4 Å². The number of Topliss-reactive ketones (excluding diaryl/α,β-unsaturated/α-hetero) is 2. The van der Waals surface area contributed by atoms with Gasteiger partial charge in [0.05, 0.1) is 127 Å². The van der Waals surface area contributed by atoms with E-state index in [9.17, 15) is 62.3 Å². The smallest absolute Gasteiger partial charge is 0.414 e. The third kappa shape index (κ3) is 33.4. The maximum Gasteiger partial charge on any atom is 0.414 e. The lowest BCUT2D eigenvalue weighted by Crippen LogP contribution is -2.49. The van der Waals surface area contributed by atoms with Gasteiger partial charge in [0, 0.05) is 120 Å². The highest BCUT2D eigenvalue weighted by molar-refractivity contribution is 6.08. The van der Waals surface area contributed by atoms with Crippen molar-refractivity contribution in [1.29, 1.82) is 0 Å². The molecule has 0 saturated carbocycles. The fraction of sp³-hybridized carbons (Fsp3) is 0.536. The number of anilines is 4. The van der Waals surface area contributed by atoms with Crippen LogP contribution in [-0.4, -0.2) is 277 Å². The Bertz CT molecular complexity index is 4800. The van der Waals surface area contributed by atoms with Crippen LogP contribution >= 0.6 is 0 Å². The maximum absolute atomic E-state index is 14.8. The molecule has 37 heteroatoms. The Balaban J connectivity index is 0.892. The first-order chi connectivity index (χ1) is 64.6. The molecule has 2 saturated heterocycles. The molecule has 728 valence electrons. The monoisotopic (exact) mass is 1860 g/mol. The first-order valence-electron chi connectivity index (χ1n) is 45.5. The molecular formula is C97H129N11O26. The lowest BCUT2D eigenvalue weighted by Gasteiger charge is -2.33. The Morgan fingerprint density at radius 3 is 1.54 bits per heavy atom. The van der Waals surface area contributed by atoms with E-state index in [1.54, 1.807) is 91.4 Å². The summed E-state index contributed by atoms with van der Waals surface area (Å²) in [6.45, 7) is 18.6. The molecule has 1 unspecified atom stereocenters. The van der Waals surface area contributed by atoms with Crippen molar-refractivity contribution in [2.45, 2.75) is 167 Å². The van der Waals surface area contributed by atoms with Crippen molar-refractivity contribution in [1.82, 2.24) is 36.4 Å². The number of benzene rings is 4. The number of rotatable bonds is 23. The molecule has 4 aromatic carbocycles. The van der Waals surface area contributed by atoms with Gasteiger partial charge in [-0.25, -0.2) is 9.59 Å². The van der Waals surface area contributed by atoms with Gasteiger partial charge >= 0.3 is 12.2 Å². The fourth-order valence-electron chi connectivity index (χ4n) is 15.6. The number of unbranched alkanes of at least 4 members (excludes halogenated alkanes) is 4. The van der Waals surface area contributed by atoms with E-state index >= 15 is 0 Å². The minimum atomic E-state index is -1.09. The van der Waals surface area contributed by atoms with Crippen LogP contribution < -0.4 is 66.0 Å². The van der Waals surface area contributed by atoms with Gasteiger partial charge in [0.15, 0.2) is 34.6 Å². The molecule has 7 aliphatic heterocycles. The van der Waals surface area contributed by atoms with Crippen molar-refractivity contribution in [2.75, 3.05) is 181 Å². The third-order valence-corrected chi connectivity index (χ3v) is 22.9. The minimum Gasteiger partial charge on any atom is -0.493 e. The van der Waals surface area contributed by atoms with Crippen LogP contribution in [0.25, 0.3) is 0 Å². The average Bonchev–Trinajstić information content (AvgIpc) is 1.61. The summed E-state index contributed by atoms with van der Waals surface area (Å²) in [5.41, 5.74) is 5.22. The molecule has 0 aliphatic carbocycles. The number of carbonyl (C=O) groups is 13. The molecule has 4 aromatic rings. The number of hydrogen-bond donors (Lipinski definition) is 7. The maximum atomic E-state index is 14.8. The normalized spacial score (nSPS) is 21.3. The number of amides is 11. The van der Waals surface area contributed by atoms with Gasteiger partial charge in [0.2, 0.25) is 29.5 Å². The molecule has 0 aromatic heterocycles. The standard InChI is InChI=1S/C97H129N11O26/c1-63(20-15-17-36-122-7)19-12-11-13-21-78-92(116)101-72-29-25-70(26-30-72)59-134-97(121)108-68(6)80-48-65(3)56-106(80)95(119)77-52-84(125-10)86(54-82(77)108)132-38-18-37-131-85-53-81-76(51-83(85)124-9)94(118)105-55-64(2)47-73(105)57-107(81)96(120)133-58-69-23-27-71(28-24-69)102-93(117)79(22-14-16-33-98-89(113)62-130-42-41-123-8)104-91(115)67(5)50-75(110)61-129-46-44-127-40-35-100-88(112)32-31-87(111)99-34-39-126-43-45-128-60-74(109)49-66(4)90(114)103-78/h23-30,51-54,66-68,73,78-80H,1-3,11-22,33-50,55-62H2,4-10H3,(H,98,113)(H,99,111)(H,100,112)(H,101,116)(H,102,117)(H,103,114)(H,104,115)/t66-,67-,68?,73+,78+,79+,80+/m1/s1. The number of hydrogen-bond acceptors (Lipinski definition) is 26. The molecule has 2 fully saturated rings. The molecule has 8 bridgehead atoms. The summed E-state index contributed by atoms with van der Waals surface area (Å²) in [6, 6.07) is 15.6. The van der Waals surface area contributed by atoms with Crippen LogP contribution in [0.1, 0.15) is 155 Å². The summed E-state index contributed by atoms with van der Waals surface area (Å²) in [7, 11) is 6.04. The molecule has 7 aliphatic rings. The van der Waals surface area contributed by atoms with E-state index in [1.165, 1.54) is 43.3 Å². The van der Waals surface area contributed by atoms with E-state index in [1.807, 2.05) is 6.92 Å². The highest BCUT2D eigenvalue weighted by Crippen LogP contribution is 2.44. The molecule has 11 amide bonds. The van der Waals surface area contributed by atoms with E-state index in [0.29, 0.717) is 74.2 Å². The zero-order valence-electron chi connectivity index (χ0n) is 77.9. The van der Waals surface area contributed by atoms with Crippen molar-refractivity contribution in [3.05, 3.63) is 132 Å². The number of allylic oxidation sites excluding steroid dienone is 1. The van der Waals surface area contributed by atoms with E-state index in [-0.39, 0.29) is 226 Å². The Kier molecular flexibility index (Phi) is 43.6. The van der Waals surface area contributed by atoms with Crippen molar-refractivity contribution in [2.24, 2.45) is 11.8 Å². The van der Waals surface area contributed by atoms with Crippen LogP contribution in [0, 0.1) is 23.7 Å². The number of ketones is 2. The first kappa shape index (κ1) is 105. The fourth-order valence-corrected chi connectivity index (χ4v) is 15.6. The molecule has 7 N–H and O–H groups in total. The second kappa shape index (κ2) is 55.4. The first-order valence-corrected chi connectivity index (χ1v) is 45.5. The van der Waals surface area contributed by atoms with Crippen molar-refractivity contribution < 1.29 is 124 Å². The second-order valence-corrected chi connectivity index (χ2v) is 33.5. The van der Waals surface area contributed by atoms with Crippen molar-refractivity contribution in [3.63, 3.8) is 0 Å². The Hall–Kier alpha value is -12.3. The predicted molar refractivity (Wildman–Crippen MR) is 495 cm³/mol. The van der Waals surface area contributed by atoms with Crippen LogP contribution in [0.15, 0.2) is 109 Å². The van der Waals surface area contributed by atoms with E-state index in [2.05, 4.69) is 68.8 Å². The summed E-state index contributed by atoms with van der Waals surface area (Å²) in [5.74, 6) is -2.03. The van der Waals surface area contributed by atoms with E-state index < -0.39 is 95.5 Å². The largest absolute Gasteiger partial charge is 0.493 e. The number of ether oxygens (including phenoxy) is 13. The van der Waals surface area contributed by atoms with E-state index in [0.717, 1.165) is 55.2 Å². The summed E-state index contributed by atoms with van der Waals surface area (Å²) < 4.78 is 74.1. The number of methoxy groups -OCH3 is 4. The van der Waals surface area contributed by atoms with E-state index in [4.69, 9.17) is 61.6 Å². The zero-order chi connectivity index (χ0) is 96.4. The summed E-state index contributed by atoms with van der Waals surface area (Å²) in [4.78, 5) is 184. The highest BCUT2D eigenvalue weighted by Gasteiger charge is 2.46. The SMILES string of the molecule is C=C(CCCCC[C@@H]1NC(=O)[C@H](C)CC(=O)COCCOCCNC(=O)C#CC(=O)NCCOCCOCC(=O)C[C@@H](C)C(=O)N[C@@H](CCCCNC(=O)COCCOC)C(=O)Nc2ccc(cc2)COC(=O)N2C[C@@H]3CC(=C)CN3C(=O)c3cc(OC)c(cc32)OCCCOc2cc3c(cc2OC)C(=O)N2CC(=C)C[C@H]2C(C)N3C(=O)OCc2ccc(cc2)NC1=O)CCCCOC. The second-order valence-electron chi connectivity index (χ2n) is 33.5. The predicted octanol–water partition coefficient (Wildman–Crippen LogP) is 8.42. The van der Waals surface area contributed by atoms with Gasteiger partial charge in [-0.15, -0.1) is 0 Å². The molecule has 0 radical (unpaired) electrons. The van der Waals surface area contributed by atoms with Gasteiger partial charge in [0.25, 0.3) is 23.6 Å². The quantitative estimate of drug-likeness (QED) is 0.0208. The van der Waals surface area contributed by atoms with Gasteiger partial charge < -0.3 is 109 Å². The van der Waals surface area contributed by atoms with Crippen LogP contribution in [-0.2, 0) is 99.0 Å². The summed E-state index contributed by atoms with van der Waals surface area (Å²) in [5, 5.41) is 19.2. The lowest BCUT2D eigenvalue weighted by atomic mass is 10.00. The Morgan fingerprint density at radius 2 is 1.00 bits per heavy atom. The lowest BCUT2D eigenvalue weighted by molar-refractivity contribution is -0.132. The Morgan fingerprint density at radius 1 is 0.507 bits per heavy atom. The molecule has 7 atom stereocenters. The van der Waals surface area contributed by atoms with Gasteiger partial charge in [-0.05, 0) is 125 Å². The topological polar surface area (TPSA) is 439 Å². The minimum absolute atomic E-state index is 0.00338. The van der Waals surface area contributed by atoms with Gasteiger partial charge in [-0.2, -0.15) is 0 Å². The van der Waals surface area contributed by atoms with Crippen molar-refractivity contribution >= 4 is 99.7 Å². The van der Waals surface area contributed by atoms with Gasteiger partial charge in [-0.3, -0.25) is 62.5 Å². The molecule has 37 nitrogen and oxygen atoms in total. The molecule has 11 rings (SSSR count). The molecule has 134 heavy (non-hydrogen) atoms. The van der Waals surface area contributed by atoms with Crippen LogP contribution in [0.4, 0.5) is 32.3 Å². The molecule has 7 heterocycles. The average molecular weight is 1870 g/mol. The highest BCUT2D eigenvalue weighted by atomic mass is 16.6. The Labute approximate surface area is 782 Å². The number of carbonyl (C=O) groups excluding carboxylic acids is 13. The number of nitrogens with zero attached hydrogens (tertiary/aromatic N) is 4. The third-order valence-electron chi connectivity index (χ3n) is 22.9. The number of nitrogens with one attached hydrogen (secondary N) is 7. The zero-order valence-corrected chi connectivity index (χ0v) is 77.9. The summed E-state index contributed by atoms with van der Waals surface area (Å²) in [6.07, 6.45) is 6.11. The summed E-state index contributed by atoms with van der Waals surface area (Å²) >= 11 is 0. The number of fused-ring (bicyclic) bond motifs is 4. The van der Waals surface area contributed by atoms with Gasteiger partial charge in [0.1, 0.15) is 45.1 Å². The van der Waals surface area contributed by atoms with Crippen molar-refractivity contribution in [3.8, 4) is 34.8 Å². The molecular weight excluding hydrogens is 1740 g/mol.